The van der Waals surface area contributed by atoms with Gasteiger partial charge in [-0.2, -0.15) is 0 Å². The van der Waals surface area contributed by atoms with E-state index in [1.807, 2.05) is 12.1 Å². The monoisotopic (exact) mass is 360 g/mol. The quantitative estimate of drug-likeness (QED) is 0.777. The highest BCUT2D eigenvalue weighted by Gasteiger charge is 2.23. The van der Waals surface area contributed by atoms with Crippen molar-refractivity contribution >= 4 is 28.3 Å². The Hall–Kier alpha value is -3.34. The summed E-state index contributed by atoms with van der Waals surface area (Å²) >= 11 is 0. The number of carbonyl (C=O) groups excluding carboxylic acids is 1. The maximum absolute atomic E-state index is 12.7. The number of amides is 1. The van der Waals surface area contributed by atoms with Crippen LogP contribution in [0.5, 0.6) is 0 Å². The first kappa shape index (κ1) is 17.1. The molecule has 0 aliphatic carbocycles. The number of hydrogen-bond donors (Lipinski definition) is 1. The fourth-order valence-corrected chi connectivity index (χ4v) is 3.60. The van der Waals surface area contributed by atoms with E-state index >= 15 is 0 Å². The van der Waals surface area contributed by atoms with Crippen LogP contribution in [0.4, 0.5) is 5.69 Å². The molecule has 0 bridgehead atoms. The number of anilines is 1. The lowest BCUT2D eigenvalue weighted by atomic mass is 10.1. The lowest BCUT2D eigenvalue weighted by Gasteiger charge is -2.36. The molecule has 0 atom stereocenters. The average molecular weight is 360 g/mol. The summed E-state index contributed by atoms with van der Waals surface area (Å²) in [6.07, 6.45) is 0. The molecule has 5 heteroatoms. The SMILES string of the molecule is O=C(O)c1cccc(C(=O)N2CCN(c3cccc4ccccc34)CC2)c1. The van der Waals surface area contributed by atoms with Crippen molar-refractivity contribution in [2.75, 3.05) is 31.1 Å². The van der Waals surface area contributed by atoms with Crippen LogP contribution in [-0.2, 0) is 0 Å². The Morgan fingerprint density at radius 3 is 2.22 bits per heavy atom. The predicted octanol–water partition coefficient (Wildman–Crippen LogP) is 3.50. The summed E-state index contributed by atoms with van der Waals surface area (Å²) < 4.78 is 0. The van der Waals surface area contributed by atoms with Gasteiger partial charge in [0.2, 0.25) is 0 Å². The third kappa shape index (κ3) is 3.36. The van der Waals surface area contributed by atoms with E-state index in [4.69, 9.17) is 5.11 Å². The Morgan fingerprint density at radius 1 is 0.778 bits per heavy atom. The molecule has 0 spiro atoms. The van der Waals surface area contributed by atoms with Gasteiger partial charge in [0, 0.05) is 42.8 Å². The first-order valence-electron chi connectivity index (χ1n) is 8.99. The van der Waals surface area contributed by atoms with E-state index in [2.05, 4.69) is 35.2 Å². The van der Waals surface area contributed by atoms with Crippen molar-refractivity contribution in [3.63, 3.8) is 0 Å². The van der Waals surface area contributed by atoms with Gasteiger partial charge in [0.15, 0.2) is 0 Å². The van der Waals surface area contributed by atoms with Gasteiger partial charge in [0.1, 0.15) is 0 Å². The summed E-state index contributed by atoms with van der Waals surface area (Å²) in [5, 5.41) is 11.5. The molecule has 0 unspecified atom stereocenters. The van der Waals surface area contributed by atoms with Crippen molar-refractivity contribution in [1.29, 1.82) is 0 Å². The number of carboxylic acid groups (broad SMARTS) is 1. The van der Waals surface area contributed by atoms with Crippen LogP contribution < -0.4 is 4.90 Å². The number of hydrogen-bond acceptors (Lipinski definition) is 3. The van der Waals surface area contributed by atoms with Crippen molar-refractivity contribution < 1.29 is 14.7 Å². The highest BCUT2D eigenvalue weighted by atomic mass is 16.4. The third-order valence-corrected chi connectivity index (χ3v) is 5.03. The highest BCUT2D eigenvalue weighted by molar-refractivity contribution is 5.98. The fraction of sp³-hybridized carbons (Fsp3) is 0.182. The van der Waals surface area contributed by atoms with Gasteiger partial charge in [-0.1, -0.05) is 42.5 Å². The number of nitrogens with zero attached hydrogens (tertiary/aromatic N) is 2. The normalized spacial score (nSPS) is 14.4. The number of benzene rings is 3. The molecule has 1 saturated heterocycles. The minimum atomic E-state index is -1.02. The Labute approximate surface area is 157 Å². The van der Waals surface area contributed by atoms with Crippen LogP contribution in [0, 0.1) is 0 Å². The Bertz CT molecular complexity index is 1000. The minimum Gasteiger partial charge on any atom is -0.478 e. The molecule has 1 heterocycles. The fourth-order valence-electron chi connectivity index (χ4n) is 3.60. The highest BCUT2D eigenvalue weighted by Crippen LogP contribution is 2.27. The maximum Gasteiger partial charge on any atom is 0.335 e. The van der Waals surface area contributed by atoms with Gasteiger partial charge < -0.3 is 14.9 Å². The first-order chi connectivity index (χ1) is 13.1. The van der Waals surface area contributed by atoms with E-state index in [1.165, 1.54) is 28.6 Å². The van der Waals surface area contributed by atoms with Gasteiger partial charge in [0.05, 0.1) is 5.56 Å². The molecular weight excluding hydrogens is 340 g/mol. The van der Waals surface area contributed by atoms with Gasteiger partial charge in [-0.25, -0.2) is 4.79 Å². The van der Waals surface area contributed by atoms with Crippen LogP contribution in [0.3, 0.4) is 0 Å². The van der Waals surface area contributed by atoms with Gasteiger partial charge in [-0.3, -0.25) is 4.79 Å². The van der Waals surface area contributed by atoms with E-state index < -0.39 is 5.97 Å². The van der Waals surface area contributed by atoms with Crippen LogP contribution >= 0.6 is 0 Å². The number of aromatic carboxylic acids is 1. The van der Waals surface area contributed by atoms with Crippen LogP contribution in [0.25, 0.3) is 10.8 Å². The Kier molecular flexibility index (Phi) is 4.50. The zero-order chi connectivity index (χ0) is 18.8. The molecule has 1 fully saturated rings. The number of rotatable bonds is 3. The van der Waals surface area contributed by atoms with Crippen molar-refractivity contribution in [3.8, 4) is 0 Å². The lowest BCUT2D eigenvalue weighted by molar-refractivity contribution is 0.0697. The second-order valence-corrected chi connectivity index (χ2v) is 6.66. The number of carbonyl (C=O) groups is 2. The van der Waals surface area contributed by atoms with Crippen LogP contribution in [-0.4, -0.2) is 48.1 Å². The summed E-state index contributed by atoms with van der Waals surface area (Å²) in [6.45, 7) is 2.72. The molecule has 1 aliphatic rings. The molecule has 3 aromatic rings. The van der Waals surface area contributed by atoms with Gasteiger partial charge in [-0.15, -0.1) is 0 Å². The molecule has 5 nitrogen and oxygen atoms in total. The zero-order valence-electron chi connectivity index (χ0n) is 14.8. The lowest BCUT2D eigenvalue weighted by Crippen LogP contribution is -2.48. The molecular formula is C22H20N2O3. The Balaban J connectivity index is 1.49. The summed E-state index contributed by atoms with van der Waals surface area (Å²) in [5.74, 6) is -1.14. The van der Waals surface area contributed by atoms with Gasteiger partial charge in [0.25, 0.3) is 5.91 Å². The van der Waals surface area contributed by atoms with Crippen molar-refractivity contribution in [3.05, 3.63) is 77.9 Å². The molecule has 0 radical (unpaired) electrons. The zero-order valence-corrected chi connectivity index (χ0v) is 14.8. The molecule has 1 amide bonds. The van der Waals surface area contributed by atoms with Crippen LogP contribution in [0.15, 0.2) is 66.7 Å². The summed E-state index contributed by atoms with van der Waals surface area (Å²) in [4.78, 5) is 28.0. The molecule has 136 valence electrons. The van der Waals surface area contributed by atoms with E-state index in [9.17, 15) is 9.59 Å². The predicted molar refractivity (Wildman–Crippen MR) is 105 cm³/mol. The second kappa shape index (κ2) is 7.11. The smallest absolute Gasteiger partial charge is 0.335 e. The van der Waals surface area contributed by atoms with Crippen molar-refractivity contribution in [2.45, 2.75) is 0 Å². The molecule has 3 aromatic carbocycles. The number of carboxylic acids is 1. The van der Waals surface area contributed by atoms with Crippen molar-refractivity contribution in [2.24, 2.45) is 0 Å². The Morgan fingerprint density at radius 2 is 1.44 bits per heavy atom. The first-order valence-corrected chi connectivity index (χ1v) is 8.99. The van der Waals surface area contributed by atoms with Crippen LogP contribution in [0.1, 0.15) is 20.7 Å². The van der Waals surface area contributed by atoms with E-state index in [1.54, 1.807) is 17.0 Å². The molecule has 0 saturated carbocycles. The van der Waals surface area contributed by atoms with Crippen LogP contribution in [0.2, 0.25) is 0 Å². The average Bonchev–Trinajstić information content (AvgIpc) is 2.73. The largest absolute Gasteiger partial charge is 0.478 e. The minimum absolute atomic E-state index is 0.115. The molecule has 1 aliphatic heterocycles. The molecule has 1 N–H and O–H groups in total. The van der Waals surface area contributed by atoms with E-state index in [0.29, 0.717) is 18.7 Å². The number of piperazine rings is 1. The van der Waals surface area contributed by atoms with E-state index in [-0.39, 0.29) is 11.5 Å². The standard InChI is InChI=1S/C22H20N2O3/c25-21(17-7-3-8-18(15-17)22(26)27)24-13-11-23(12-14-24)20-10-4-6-16-5-1-2-9-19(16)20/h1-10,15H,11-14H2,(H,26,27). The van der Waals surface area contributed by atoms with E-state index in [0.717, 1.165) is 13.1 Å². The number of fused-ring (bicyclic) bond motifs is 1. The summed E-state index contributed by atoms with van der Waals surface area (Å²) in [6, 6.07) is 20.8. The summed E-state index contributed by atoms with van der Waals surface area (Å²) in [5.41, 5.74) is 1.75. The topological polar surface area (TPSA) is 60.9 Å². The summed E-state index contributed by atoms with van der Waals surface area (Å²) in [7, 11) is 0. The third-order valence-electron chi connectivity index (χ3n) is 5.03. The van der Waals surface area contributed by atoms with Gasteiger partial charge in [-0.05, 0) is 29.7 Å². The van der Waals surface area contributed by atoms with Gasteiger partial charge >= 0.3 is 5.97 Å². The maximum atomic E-state index is 12.7. The second-order valence-electron chi connectivity index (χ2n) is 6.66. The van der Waals surface area contributed by atoms with Crippen molar-refractivity contribution in [1.82, 2.24) is 4.90 Å². The molecule has 27 heavy (non-hydrogen) atoms. The molecule has 4 rings (SSSR count). The molecule has 0 aromatic heterocycles.